The smallest absolute Gasteiger partial charge is 0.387 e. The van der Waals surface area contributed by atoms with Crippen LogP contribution in [-0.4, -0.2) is 17.1 Å². The van der Waals surface area contributed by atoms with Gasteiger partial charge in [-0.25, -0.2) is 0 Å². The van der Waals surface area contributed by atoms with Crippen LogP contribution in [0.4, 0.5) is 14.5 Å². The molecule has 1 N–H and O–H groups in total. The molecular formula is C14H11BrF2N2O3. The molecule has 1 amide bonds. The summed E-state index contributed by atoms with van der Waals surface area (Å²) in [5.41, 5.74) is 0.105. The number of aromatic nitrogens is 1. The third kappa shape index (κ3) is 4.66. The number of benzene rings is 1. The molecule has 0 atom stereocenters. The summed E-state index contributed by atoms with van der Waals surface area (Å²) in [5.74, 6) is -0.418. The number of rotatable bonds is 5. The molecule has 0 saturated carbocycles. The van der Waals surface area contributed by atoms with Crippen molar-refractivity contribution in [2.45, 2.75) is 13.2 Å². The number of amides is 1. The molecule has 0 aliphatic heterocycles. The van der Waals surface area contributed by atoms with Gasteiger partial charge in [0.2, 0.25) is 5.91 Å². The maximum Gasteiger partial charge on any atom is 0.387 e. The minimum absolute atomic E-state index is 0.00351. The number of hydrogen-bond donors (Lipinski definition) is 1. The van der Waals surface area contributed by atoms with Crippen LogP contribution in [0.1, 0.15) is 0 Å². The molecule has 0 bridgehead atoms. The molecule has 116 valence electrons. The lowest BCUT2D eigenvalue weighted by Gasteiger charge is -2.09. The van der Waals surface area contributed by atoms with Gasteiger partial charge < -0.3 is 14.6 Å². The second kappa shape index (κ2) is 7.17. The molecule has 0 aliphatic carbocycles. The summed E-state index contributed by atoms with van der Waals surface area (Å²) in [4.78, 5) is 23.5. The number of pyridine rings is 1. The first-order valence-corrected chi connectivity index (χ1v) is 6.94. The molecule has 1 heterocycles. The molecule has 0 saturated heterocycles. The van der Waals surface area contributed by atoms with E-state index in [1.54, 1.807) is 6.07 Å². The van der Waals surface area contributed by atoms with Gasteiger partial charge in [-0.05, 0) is 46.3 Å². The monoisotopic (exact) mass is 372 g/mol. The largest absolute Gasteiger partial charge is 0.435 e. The average molecular weight is 373 g/mol. The van der Waals surface area contributed by atoms with E-state index in [1.807, 2.05) is 0 Å². The van der Waals surface area contributed by atoms with Crippen molar-refractivity contribution >= 4 is 27.5 Å². The summed E-state index contributed by atoms with van der Waals surface area (Å²) >= 11 is 3.21. The van der Waals surface area contributed by atoms with E-state index in [0.717, 1.165) is 0 Å². The predicted molar refractivity (Wildman–Crippen MR) is 80.1 cm³/mol. The number of halogens is 3. The SMILES string of the molecule is O=C(Cn1cc(Br)ccc1=O)Nc1ccc(OC(F)F)cc1. The number of carbonyl (C=O) groups is 1. The molecule has 0 aliphatic rings. The molecule has 0 spiro atoms. The third-order valence-corrected chi connectivity index (χ3v) is 3.09. The molecule has 0 fully saturated rings. The fourth-order valence-electron chi connectivity index (χ4n) is 1.70. The van der Waals surface area contributed by atoms with Crippen molar-refractivity contribution in [3.05, 3.63) is 57.4 Å². The Morgan fingerprint density at radius 2 is 1.91 bits per heavy atom. The second-order valence-electron chi connectivity index (χ2n) is 4.26. The predicted octanol–water partition coefficient (Wildman–Crippen LogP) is 2.85. The Balaban J connectivity index is 2.00. The van der Waals surface area contributed by atoms with Gasteiger partial charge in [-0.2, -0.15) is 8.78 Å². The van der Waals surface area contributed by atoms with E-state index >= 15 is 0 Å². The van der Waals surface area contributed by atoms with E-state index < -0.39 is 12.5 Å². The summed E-state index contributed by atoms with van der Waals surface area (Å²) in [7, 11) is 0. The Hall–Kier alpha value is -2.22. The number of alkyl halides is 2. The number of anilines is 1. The zero-order chi connectivity index (χ0) is 16.1. The number of nitrogens with one attached hydrogen (secondary N) is 1. The van der Waals surface area contributed by atoms with Gasteiger partial charge >= 0.3 is 6.61 Å². The van der Waals surface area contributed by atoms with Crippen LogP contribution in [0.25, 0.3) is 0 Å². The topological polar surface area (TPSA) is 60.3 Å². The van der Waals surface area contributed by atoms with Crippen molar-refractivity contribution in [1.82, 2.24) is 4.57 Å². The highest BCUT2D eigenvalue weighted by molar-refractivity contribution is 9.10. The molecule has 2 aromatic rings. The van der Waals surface area contributed by atoms with Crippen molar-refractivity contribution in [3.63, 3.8) is 0 Å². The molecule has 1 aromatic carbocycles. The van der Waals surface area contributed by atoms with Crippen LogP contribution in [0.15, 0.2) is 51.9 Å². The zero-order valence-corrected chi connectivity index (χ0v) is 12.7. The Morgan fingerprint density at radius 3 is 2.55 bits per heavy atom. The van der Waals surface area contributed by atoms with Crippen molar-refractivity contribution < 1.29 is 18.3 Å². The highest BCUT2D eigenvalue weighted by Crippen LogP contribution is 2.17. The molecular weight excluding hydrogens is 362 g/mol. The van der Waals surface area contributed by atoms with Crippen molar-refractivity contribution in [3.8, 4) is 5.75 Å². The maximum atomic E-state index is 12.0. The van der Waals surface area contributed by atoms with Crippen LogP contribution < -0.4 is 15.6 Å². The number of ether oxygens (including phenoxy) is 1. The molecule has 1 aromatic heterocycles. The average Bonchev–Trinajstić information content (AvgIpc) is 2.44. The van der Waals surface area contributed by atoms with E-state index in [0.29, 0.717) is 10.2 Å². The Kier molecular flexibility index (Phi) is 5.26. The van der Waals surface area contributed by atoms with Gasteiger partial charge in [0.1, 0.15) is 12.3 Å². The first-order valence-electron chi connectivity index (χ1n) is 6.15. The van der Waals surface area contributed by atoms with Gasteiger partial charge in [0.25, 0.3) is 5.56 Å². The van der Waals surface area contributed by atoms with E-state index in [-0.39, 0.29) is 17.9 Å². The van der Waals surface area contributed by atoms with Crippen LogP contribution in [0.5, 0.6) is 5.75 Å². The number of nitrogens with zero attached hydrogens (tertiary/aromatic N) is 1. The third-order valence-electron chi connectivity index (χ3n) is 2.62. The standard InChI is InChI=1S/C14H11BrF2N2O3/c15-9-1-6-13(21)19(7-9)8-12(20)18-10-2-4-11(5-3-10)22-14(16)17/h1-7,14H,8H2,(H,18,20). The van der Waals surface area contributed by atoms with Gasteiger partial charge in [0.05, 0.1) is 0 Å². The van der Waals surface area contributed by atoms with Crippen LogP contribution in [0, 0.1) is 0 Å². The number of hydrogen-bond acceptors (Lipinski definition) is 3. The van der Waals surface area contributed by atoms with Crippen LogP contribution in [-0.2, 0) is 11.3 Å². The summed E-state index contributed by atoms with van der Waals surface area (Å²) < 4.78 is 30.2. The minimum atomic E-state index is -2.90. The first kappa shape index (κ1) is 16.2. The molecule has 8 heteroatoms. The molecule has 22 heavy (non-hydrogen) atoms. The van der Waals surface area contributed by atoms with Gasteiger partial charge in [-0.15, -0.1) is 0 Å². The van der Waals surface area contributed by atoms with Crippen molar-refractivity contribution in [1.29, 1.82) is 0 Å². The van der Waals surface area contributed by atoms with Crippen molar-refractivity contribution in [2.75, 3.05) is 5.32 Å². The van der Waals surface area contributed by atoms with Gasteiger partial charge in [-0.3, -0.25) is 9.59 Å². The van der Waals surface area contributed by atoms with Crippen LogP contribution in [0.2, 0.25) is 0 Å². The fourth-order valence-corrected chi connectivity index (χ4v) is 2.08. The maximum absolute atomic E-state index is 12.0. The normalized spacial score (nSPS) is 10.5. The molecule has 0 radical (unpaired) electrons. The quantitative estimate of drug-likeness (QED) is 0.877. The minimum Gasteiger partial charge on any atom is -0.435 e. The van der Waals surface area contributed by atoms with E-state index in [2.05, 4.69) is 26.0 Å². The van der Waals surface area contributed by atoms with Crippen LogP contribution in [0.3, 0.4) is 0 Å². The van der Waals surface area contributed by atoms with E-state index in [1.165, 1.54) is 41.1 Å². The Bertz CT molecular complexity index is 717. The highest BCUT2D eigenvalue weighted by Gasteiger charge is 2.07. The van der Waals surface area contributed by atoms with Gasteiger partial charge in [-0.1, -0.05) is 0 Å². The van der Waals surface area contributed by atoms with E-state index in [9.17, 15) is 18.4 Å². The molecule has 2 rings (SSSR count). The highest BCUT2D eigenvalue weighted by atomic mass is 79.9. The summed E-state index contributed by atoms with van der Waals surface area (Å²) in [6.45, 7) is -3.06. The summed E-state index contributed by atoms with van der Waals surface area (Å²) in [5, 5.41) is 2.56. The fraction of sp³-hybridized carbons (Fsp3) is 0.143. The lowest BCUT2D eigenvalue weighted by Crippen LogP contribution is -2.26. The van der Waals surface area contributed by atoms with Crippen molar-refractivity contribution in [2.24, 2.45) is 0 Å². The molecule has 5 nitrogen and oxygen atoms in total. The van der Waals surface area contributed by atoms with Crippen LogP contribution >= 0.6 is 15.9 Å². The summed E-state index contributed by atoms with van der Waals surface area (Å²) in [6, 6.07) is 8.41. The number of carbonyl (C=O) groups excluding carboxylic acids is 1. The van der Waals surface area contributed by atoms with Gasteiger partial charge in [0, 0.05) is 22.4 Å². The summed E-state index contributed by atoms with van der Waals surface area (Å²) in [6.07, 6.45) is 1.50. The lowest BCUT2D eigenvalue weighted by molar-refractivity contribution is -0.116. The first-order chi connectivity index (χ1) is 10.4. The molecule has 0 unspecified atom stereocenters. The van der Waals surface area contributed by atoms with Gasteiger partial charge in [0.15, 0.2) is 0 Å². The second-order valence-corrected chi connectivity index (χ2v) is 5.18. The lowest BCUT2D eigenvalue weighted by atomic mass is 10.3. The Labute approximate surface area is 132 Å². The van der Waals surface area contributed by atoms with E-state index in [4.69, 9.17) is 0 Å². The Morgan fingerprint density at radius 1 is 1.23 bits per heavy atom. The zero-order valence-electron chi connectivity index (χ0n) is 11.1.